The van der Waals surface area contributed by atoms with Gasteiger partial charge in [-0.3, -0.25) is 9.10 Å². The zero-order valence-corrected chi connectivity index (χ0v) is 14.0. The first-order valence-corrected chi connectivity index (χ1v) is 9.20. The predicted molar refractivity (Wildman–Crippen MR) is 93.3 cm³/mol. The molecule has 0 bridgehead atoms. The van der Waals surface area contributed by atoms with E-state index in [9.17, 15) is 13.2 Å². The maximum atomic E-state index is 12.1. The van der Waals surface area contributed by atoms with Crippen molar-refractivity contribution in [2.45, 2.75) is 13.3 Å². The van der Waals surface area contributed by atoms with E-state index in [0.717, 1.165) is 5.56 Å². The lowest BCUT2D eigenvalue weighted by Gasteiger charge is -2.20. The maximum Gasteiger partial charge on any atom is 0.248 e. The van der Waals surface area contributed by atoms with Crippen LogP contribution in [0.25, 0.3) is 6.08 Å². The summed E-state index contributed by atoms with van der Waals surface area (Å²) in [5.74, 6) is 0.429. The number of amides is 1. The Balaban J connectivity index is 1.77. The van der Waals surface area contributed by atoms with Crippen molar-refractivity contribution < 1.29 is 17.6 Å². The van der Waals surface area contributed by atoms with Crippen molar-refractivity contribution in [1.82, 2.24) is 0 Å². The van der Waals surface area contributed by atoms with Gasteiger partial charge in [-0.15, -0.1) is 0 Å². The summed E-state index contributed by atoms with van der Waals surface area (Å²) in [6.45, 7) is 2.32. The summed E-state index contributed by atoms with van der Waals surface area (Å²) >= 11 is 0. The molecular weight excluding hydrogens is 328 g/mol. The minimum Gasteiger partial charge on any atom is -0.465 e. The number of nitrogens with zero attached hydrogens (tertiary/aromatic N) is 1. The van der Waals surface area contributed by atoms with Crippen LogP contribution in [0.2, 0.25) is 0 Å². The number of anilines is 2. The van der Waals surface area contributed by atoms with E-state index in [1.165, 1.54) is 16.6 Å². The number of aryl methyl sites for hydroxylation is 1. The van der Waals surface area contributed by atoms with Gasteiger partial charge in [0.25, 0.3) is 0 Å². The molecule has 6 nitrogen and oxygen atoms in total. The number of nitrogens with one attached hydrogen (secondary N) is 1. The van der Waals surface area contributed by atoms with E-state index >= 15 is 0 Å². The monoisotopic (exact) mass is 346 g/mol. The van der Waals surface area contributed by atoms with Gasteiger partial charge in [0.05, 0.1) is 17.7 Å². The Labute approximate surface area is 140 Å². The molecular formula is C17H18N2O4S. The van der Waals surface area contributed by atoms with Crippen LogP contribution in [0.5, 0.6) is 0 Å². The fourth-order valence-corrected chi connectivity index (χ4v) is 4.21. The molecule has 24 heavy (non-hydrogen) atoms. The van der Waals surface area contributed by atoms with Gasteiger partial charge in [0, 0.05) is 18.3 Å². The van der Waals surface area contributed by atoms with E-state index < -0.39 is 10.0 Å². The second-order valence-electron chi connectivity index (χ2n) is 5.58. The summed E-state index contributed by atoms with van der Waals surface area (Å²) in [6, 6.07) is 8.72. The van der Waals surface area contributed by atoms with Gasteiger partial charge in [-0.2, -0.15) is 0 Å². The van der Waals surface area contributed by atoms with E-state index in [0.29, 0.717) is 30.1 Å². The number of rotatable bonds is 4. The second-order valence-corrected chi connectivity index (χ2v) is 7.59. The van der Waals surface area contributed by atoms with Crippen LogP contribution in [0, 0.1) is 6.92 Å². The van der Waals surface area contributed by atoms with Crippen LogP contribution in [-0.4, -0.2) is 26.6 Å². The normalized spacial score (nSPS) is 16.6. The number of benzene rings is 1. The van der Waals surface area contributed by atoms with Gasteiger partial charge in [-0.05, 0) is 49.2 Å². The molecule has 1 N–H and O–H groups in total. The summed E-state index contributed by atoms with van der Waals surface area (Å²) in [5.41, 5.74) is 2.01. The SMILES string of the molecule is Cc1ccc(NC(=O)C=Cc2ccco2)cc1N1CCCS1(=O)=O. The van der Waals surface area contributed by atoms with Gasteiger partial charge >= 0.3 is 0 Å². The fraction of sp³-hybridized carbons (Fsp3) is 0.235. The summed E-state index contributed by atoms with van der Waals surface area (Å²) in [5, 5.41) is 2.73. The predicted octanol–water partition coefficient (Wildman–Crippen LogP) is 2.78. The Bertz CT molecular complexity index is 870. The van der Waals surface area contributed by atoms with Gasteiger partial charge in [-0.1, -0.05) is 6.07 Å². The molecule has 2 heterocycles. The number of hydrogen-bond acceptors (Lipinski definition) is 4. The van der Waals surface area contributed by atoms with Gasteiger partial charge in [0.1, 0.15) is 5.76 Å². The summed E-state index contributed by atoms with van der Waals surface area (Å²) < 4.78 is 30.7. The lowest BCUT2D eigenvalue weighted by Crippen LogP contribution is -2.26. The van der Waals surface area contributed by atoms with Crippen LogP contribution in [-0.2, 0) is 14.8 Å². The number of carbonyl (C=O) groups excluding carboxylic acids is 1. The molecule has 2 aromatic rings. The topological polar surface area (TPSA) is 79.6 Å². The Morgan fingerprint density at radius 2 is 2.17 bits per heavy atom. The van der Waals surface area contributed by atoms with Crippen LogP contribution >= 0.6 is 0 Å². The molecule has 1 saturated heterocycles. The van der Waals surface area contributed by atoms with Gasteiger partial charge in [-0.25, -0.2) is 8.42 Å². The molecule has 1 aliphatic rings. The number of carbonyl (C=O) groups is 1. The molecule has 0 atom stereocenters. The average Bonchev–Trinajstić information content (AvgIpc) is 3.16. The summed E-state index contributed by atoms with van der Waals surface area (Å²) in [7, 11) is -3.25. The average molecular weight is 346 g/mol. The largest absolute Gasteiger partial charge is 0.465 e. The zero-order valence-electron chi connectivity index (χ0n) is 13.2. The van der Waals surface area contributed by atoms with Crippen LogP contribution in [0.3, 0.4) is 0 Å². The third kappa shape index (κ3) is 3.51. The Morgan fingerprint density at radius 1 is 1.33 bits per heavy atom. The van der Waals surface area contributed by atoms with Crippen molar-refractivity contribution in [1.29, 1.82) is 0 Å². The van der Waals surface area contributed by atoms with Crippen LogP contribution in [0.4, 0.5) is 11.4 Å². The number of hydrogen-bond donors (Lipinski definition) is 1. The molecule has 7 heteroatoms. The van der Waals surface area contributed by atoms with E-state index in [1.807, 2.05) is 6.92 Å². The molecule has 1 aromatic carbocycles. The van der Waals surface area contributed by atoms with E-state index in [2.05, 4.69) is 5.32 Å². The maximum absolute atomic E-state index is 12.1. The lowest BCUT2D eigenvalue weighted by molar-refractivity contribution is -0.111. The Morgan fingerprint density at radius 3 is 2.83 bits per heavy atom. The standard InChI is InChI=1S/C17H18N2O4S/c1-13-5-6-14(12-16(13)19-9-3-11-24(19,21)22)18-17(20)8-7-15-4-2-10-23-15/h2,4-8,10,12H,3,9,11H2,1H3,(H,18,20). The molecule has 3 rings (SSSR count). The van der Waals surface area contributed by atoms with E-state index in [4.69, 9.17) is 4.42 Å². The third-order valence-corrected chi connectivity index (χ3v) is 5.64. The minimum atomic E-state index is -3.25. The Hall–Kier alpha value is -2.54. The lowest BCUT2D eigenvalue weighted by atomic mass is 10.1. The quantitative estimate of drug-likeness (QED) is 0.863. The zero-order chi connectivity index (χ0) is 17.2. The van der Waals surface area contributed by atoms with Gasteiger partial charge < -0.3 is 9.73 Å². The third-order valence-electron chi connectivity index (χ3n) is 3.79. The first-order valence-electron chi connectivity index (χ1n) is 7.59. The smallest absolute Gasteiger partial charge is 0.248 e. The molecule has 1 aromatic heterocycles. The molecule has 1 fully saturated rings. The number of sulfonamides is 1. The van der Waals surface area contributed by atoms with Crippen molar-refractivity contribution >= 4 is 33.4 Å². The van der Waals surface area contributed by atoms with Crippen LogP contribution < -0.4 is 9.62 Å². The minimum absolute atomic E-state index is 0.162. The Kier molecular flexibility index (Phi) is 4.44. The molecule has 1 aliphatic heterocycles. The molecule has 1 amide bonds. The van der Waals surface area contributed by atoms with Crippen LogP contribution in [0.15, 0.2) is 47.1 Å². The van der Waals surface area contributed by atoms with Crippen LogP contribution in [0.1, 0.15) is 17.7 Å². The summed E-state index contributed by atoms with van der Waals surface area (Å²) in [6.07, 6.45) is 5.07. The number of furan rings is 1. The molecule has 0 unspecified atom stereocenters. The van der Waals surface area contributed by atoms with Crippen molar-refractivity contribution in [3.05, 3.63) is 54.0 Å². The molecule has 0 radical (unpaired) electrons. The fourth-order valence-electron chi connectivity index (χ4n) is 2.59. The molecule has 126 valence electrons. The highest BCUT2D eigenvalue weighted by Gasteiger charge is 2.29. The highest BCUT2D eigenvalue weighted by molar-refractivity contribution is 7.93. The van der Waals surface area contributed by atoms with E-state index in [-0.39, 0.29) is 11.7 Å². The highest BCUT2D eigenvalue weighted by atomic mass is 32.2. The first kappa shape index (κ1) is 16.3. The molecule has 0 saturated carbocycles. The van der Waals surface area contributed by atoms with Gasteiger partial charge in [0.2, 0.25) is 15.9 Å². The molecule has 0 aliphatic carbocycles. The summed E-state index contributed by atoms with van der Waals surface area (Å²) in [4.78, 5) is 12.0. The van der Waals surface area contributed by atoms with Crippen molar-refractivity contribution in [3.63, 3.8) is 0 Å². The van der Waals surface area contributed by atoms with Crippen molar-refractivity contribution in [3.8, 4) is 0 Å². The molecule has 0 spiro atoms. The first-order chi connectivity index (χ1) is 11.5. The van der Waals surface area contributed by atoms with Crippen molar-refractivity contribution in [2.75, 3.05) is 21.9 Å². The van der Waals surface area contributed by atoms with Crippen molar-refractivity contribution in [2.24, 2.45) is 0 Å². The van der Waals surface area contributed by atoms with E-state index in [1.54, 1.807) is 36.4 Å². The van der Waals surface area contributed by atoms with Gasteiger partial charge in [0.15, 0.2) is 0 Å². The second kappa shape index (κ2) is 6.52. The highest BCUT2D eigenvalue weighted by Crippen LogP contribution is 2.30.